The molecule has 1 saturated heterocycles. The van der Waals surface area contributed by atoms with Crippen LogP contribution in [-0.4, -0.2) is 51.9 Å². The molecule has 6 heteroatoms. The van der Waals surface area contributed by atoms with Crippen molar-refractivity contribution in [1.29, 1.82) is 0 Å². The molecule has 1 atom stereocenters. The number of pyridine rings is 1. The number of nitrogens with zero attached hydrogens (tertiary/aromatic N) is 5. The van der Waals surface area contributed by atoms with Crippen molar-refractivity contribution in [3.63, 3.8) is 0 Å². The Morgan fingerprint density at radius 2 is 1.94 bits per heavy atom. The molecule has 0 bridgehead atoms. The first-order valence-electron chi connectivity index (χ1n) is 13.0. The van der Waals surface area contributed by atoms with Gasteiger partial charge < -0.3 is 9.80 Å². The zero-order valence-electron chi connectivity index (χ0n) is 20.0. The Labute approximate surface area is 197 Å². The lowest BCUT2D eigenvalue weighted by Crippen LogP contribution is -2.40. The van der Waals surface area contributed by atoms with E-state index in [4.69, 9.17) is 9.97 Å². The van der Waals surface area contributed by atoms with E-state index in [-0.39, 0.29) is 5.92 Å². The van der Waals surface area contributed by atoms with Crippen LogP contribution in [0, 0.1) is 12.8 Å². The van der Waals surface area contributed by atoms with Crippen molar-refractivity contribution >= 4 is 11.7 Å². The van der Waals surface area contributed by atoms with Crippen molar-refractivity contribution < 1.29 is 4.79 Å². The molecular weight excluding hydrogens is 410 g/mol. The average Bonchev–Trinajstić information content (AvgIpc) is 3.36. The second-order valence-corrected chi connectivity index (χ2v) is 10.2. The number of carbonyl (C=O) groups is 1. The van der Waals surface area contributed by atoms with Crippen LogP contribution in [-0.2, 0) is 17.6 Å². The topological polar surface area (TPSA) is 62.2 Å². The number of hydrogen-bond acceptors (Lipinski definition) is 5. The van der Waals surface area contributed by atoms with Crippen molar-refractivity contribution in [2.45, 2.75) is 77.0 Å². The van der Waals surface area contributed by atoms with E-state index in [0.29, 0.717) is 11.8 Å². The van der Waals surface area contributed by atoms with E-state index in [1.54, 1.807) is 0 Å². The van der Waals surface area contributed by atoms with Gasteiger partial charge in [-0.15, -0.1) is 0 Å². The quantitative estimate of drug-likeness (QED) is 0.654. The SMILES string of the molecule is Cc1nc([C@@H]2CCCN(C(=O)CC3CCCC3)C2)nc2c1CCCN2CCc1ccccn1. The third-order valence-corrected chi connectivity index (χ3v) is 7.80. The summed E-state index contributed by atoms with van der Waals surface area (Å²) in [6.07, 6.45) is 12.9. The highest BCUT2D eigenvalue weighted by atomic mass is 16.2. The standard InChI is InChI=1S/C27H37N5O/c1-20-24-12-7-15-31(17-13-23-11-4-5-14-28-23)27(24)30-26(29-20)22-10-6-16-32(19-22)25(33)18-21-8-2-3-9-21/h4-5,11,14,21-22H,2-3,6-10,12-13,15-19H2,1H3/t22-/m1/s1. The smallest absolute Gasteiger partial charge is 0.222 e. The summed E-state index contributed by atoms with van der Waals surface area (Å²) in [5, 5.41) is 0. The average molecular weight is 448 g/mol. The number of piperidine rings is 1. The molecular formula is C27H37N5O. The molecule has 1 aliphatic carbocycles. The molecule has 5 rings (SSSR count). The first kappa shape index (κ1) is 22.3. The summed E-state index contributed by atoms with van der Waals surface area (Å²) in [6, 6.07) is 6.12. The van der Waals surface area contributed by atoms with E-state index in [1.807, 2.05) is 12.3 Å². The number of aromatic nitrogens is 3. The minimum Gasteiger partial charge on any atom is -0.356 e. The van der Waals surface area contributed by atoms with Crippen LogP contribution < -0.4 is 4.90 Å². The Kier molecular flexibility index (Phi) is 6.88. The summed E-state index contributed by atoms with van der Waals surface area (Å²) in [4.78, 5) is 32.1. The van der Waals surface area contributed by atoms with Gasteiger partial charge in [-0.3, -0.25) is 9.78 Å². The molecule has 33 heavy (non-hydrogen) atoms. The fourth-order valence-corrected chi connectivity index (χ4v) is 5.91. The Balaban J connectivity index is 1.30. The van der Waals surface area contributed by atoms with E-state index < -0.39 is 0 Å². The Morgan fingerprint density at radius 3 is 2.76 bits per heavy atom. The van der Waals surface area contributed by atoms with Gasteiger partial charge in [0.15, 0.2) is 0 Å². The zero-order chi connectivity index (χ0) is 22.6. The molecule has 2 aromatic heterocycles. The minimum atomic E-state index is 0.245. The number of rotatable bonds is 6. The van der Waals surface area contributed by atoms with Gasteiger partial charge in [-0.2, -0.15) is 0 Å². The lowest BCUT2D eigenvalue weighted by molar-refractivity contribution is -0.133. The van der Waals surface area contributed by atoms with Crippen LogP contribution >= 0.6 is 0 Å². The van der Waals surface area contributed by atoms with Gasteiger partial charge in [0.2, 0.25) is 5.91 Å². The maximum Gasteiger partial charge on any atom is 0.222 e. The molecule has 1 amide bonds. The molecule has 176 valence electrons. The van der Waals surface area contributed by atoms with E-state index in [1.165, 1.54) is 31.2 Å². The molecule has 0 N–H and O–H groups in total. The fourth-order valence-electron chi connectivity index (χ4n) is 5.91. The molecule has 0 spiro atoms. The Morgan fingerprint density at radius 1 is 1.06 bits per heavy atom. The van der Waals surface area contributed by atoms with Crippen LogP contribution in [0.5, 0.6) is 0 Å². The largest absolute Gasteiger partial charge is 0.356 e. The maximum atomic E-state index is 13.0. The third kappa shape index (κ3) is 5.20. The first-order valence-corrected chi connectivity index (χ1v) is 13.0. The molecule has 3 aliphatic rings. The van der Waals surface area contributed by atoms with Crippen LogP contribution in [0.25, 0.3) is 0 Å². The number of aryl methyl sites for hydroxylation is 1. The molecule has 0 radical (unpaired) electrons. The van der Waals surface area contributed by atoms with E-state index in [0.717, 1.165) is 87.7 Å². The van der Waals surface area contributed by atoms with Gasteiger partial charge in [-0.1, -0.05) is 18.9 Å². The van der Waals surface area contributed by atoms with E-state index in [2.05, 4.69) is 33.8 Å². The summed E-state index contributed by atoms with van der Waals surface area (Å²) >= 11 is 0. The predicted octanol–water partition coefficient (Wildman–Crippen LogP) is 4.46. The summed E-state index contributed by atoms with van der Waals surface area (Å²) in [5.41, 5.74) is 3.54. The molecule has 2 aromatic rings. The van der Waals surface area contributed by atoms with Crippen molar-refractivity contribution in [3.05, 3.63) is 47.2 Å². The van der Waals surface area contributed by atoms with Gasteiger partial charge in [0.05, 0.1) is 0 Å². The van der Waals surface area contributed by atoms with Crippen LogP contribution in [0.2, 0.25) is 0 Å². The Bertz CT molecular complexity index is 956. The number of hydrogen-bond donors (Lipinski definition) is 0. The molecule has 6 nitrogen and oxygen atoms in total. The molecule has 2 aliphatic heterocycles. The highest BCUT2D eigenvalue weighted by molar-refractivity contribution is 5.76. The van der Waals surface area contributed by atoms with E-state index in [9.17, 15) is 4.79 Å². The number of carbonyl (C=O) groups excluding carboxylic acids is 1. The zero-order valence-corrected chi connectivity index (χ0v) is 20.0. The Hall–Kier alpha value is -2.50. The third-order valence-electron chi connectivity index (χ3n) is 7.80. The molecule has 1 saturated carbocycles. The minimum absolute atomic E-state index is 0.245. The van der Waals surface area contributed by atoms with E-state index >= 15 is 0 Å². The second-order valence-electron chi connectivity index (χ2n) is 10.2. The van der Waals surface area contributed by atoms with Crippen molar-refractivity contribution in [3.8, 4) is 0 Å². The summed E-state index contributed by atoms with van der Waals surface area (Å²) in [6.45, 7) is 5.76. The maximum absolute atomic E-state index is 13.0. The normalized spacial score (nSPS) is 21.3. The number of fused-ring (bicyclic) bond motifs is 1. The highest BCUT2D eigenvalue weighted by Crippen LogP contribution is 2.33. The molecule has 0 unspecified atom stereocenters. The number of likely N-dealkylation sites (tertiary alicyclic amines) is 1. The van der Waals surface area contributed by atoms with Gasteiger partial charge in [0.25, 0.3) is 0 Å². The predicted molar refractivity (Wildman–Crippen MR) is 130 cm³/mol. The summed E-state index contributed by atoms with van der Waals surface area (Å²) in [7, 11) is 0. The molecule has 4 heterocycles. The van der Waals surface area contributed by atoms with Gasteiger partial charge in [0, 0.05) is 68.1 Å². The van der Waals surface area contributed by atoms with Crippen LogP contribution in [0.3, 0.4) is 0 Å². The van der Waals surface area contributed by atoms with Gasteiger partial charge >= 0.3 is 0 Å². The molecule has 0 aromatic carbocycles. The van der Waals surface area contributed by atoms with Gasteiger partial charge in [0.1, 0.15) is 11.6 Å². The number of amides is 1. The first-order chi connectivity index (χ1) is 16.2. The van der Waals surface area contributed by atoms with Crippen molar-refractivity contribution in [1.82, 2.24) is 19.9 Å². The second kappa shape index (κ2) is 10.2. The van der Waals surface area contributed by atoms with Crippen LogP contribution in [0.1, 0.15) is 80.1 Å². The van der Waals surface area contributed by atoms with Gasteiger partial charge in [-0.05, 0) is 63.5 Å². The fraction of sp³-hybridized carbons (Fsp3) is 0.630. The summed E-state index contributed by atoms with van der Waals surface area (Å²) in [5.74, 6) is 3.25. The lowest BCUT2D eigenvalue weighted by atomic mass is 9.94. The van der Waals surface area contributed by atoms with Gasteiger partial charge in [-0.25, -0.2) is 9.97 Å². The number of anilines is 1. The molecule has 2 fully saturated rings. The summed E-state index contributed by atoms with van der Waals surface area (Å²) < 4.78 is 0. The van der Waals surface area contributed by atoms with Crippen molar-refractivity contribution in [2.75, 3.05) is 31.1 Å². The van der Waals surface area contributed by atoms with Crippen molar-refractivity contribution in [2.24, 2.45) is 5.92 Å². The van der Waals surface area contributed by atoms with Crippen LogP contribution in [0.4, 0.5) is 5.82 Å². The lowest BCUT2D eigenvalue weighted by Gasteiger charge is -2.35. The van der Waals surface area contributed by atoms with Crippen LogP contribution in [0.15, 0.2) is 24.4 Å². The monoisotopic (exact) mass is 447 g/mol. The highest BCUT2D eigenvalue weighted by Gasteiger charge is 2.30.